The van der Waals surface area contributed by atoms with Gasteiger partial charge in [0.15, 0.2) is 0 Å². The Morgan fingerprint density at radius 1 is 0.922 bits per heavy atom. The van der Waals surface area contributed by atoms with E-state index in [1.54, 1.807) is 19.1 Å². The molecule has 1 aliphatic rings. The molecule has 0 radical (unpaired) electrons. The smallest absolute Gasteiger partial charge is 0.407 e. The van der Waals surface area contributed by atoms with Crippen molar-refractivity contribution >= 4 is 39.3 Å². The average molecular weight is 747 g/mol. The molecule has 5 rings (SSSR count). The zero-order valence-corrected chi connectivity index (χ0v) is 29.1. The van der Waals surface area contributed by atoms with Crippen LogP contribution in [0.2, 0.25) is 5.02 Å². The first-order valence-electron chi connectivity index (χ1n) is 15.9. The number of piperazine rings is 1. The molecule has 0 unspecified atom stereocenters. The topological polar surface area (TPSA) is 117 Å². The third-order valence-corrected chi connectivity index (χ3v) is 11.2. The average Bonchev–Trinajstić information content (AvgIpc) is 3.08. The van der Waals surface area contributed by atoms with Crippen molar-refractivity contribution in [3.63, 3.8) is 0 Å². The van der Waals surface area contributed by atoms with Crippen molar-refractivity contribution in [1.82, 2.24) is 14.9 Å². The summed E-state index contributed by atoms with van der Waals surface area (Å²) in [7, 11) is -3.01. The summed E-state index contributed by atoms with van der Waals surface area (Å²) in [4.78, 5) is 26.6. The monoisotopic (exact) mass is 746 g/mol. The van der Waals surface area contributed by atoms with Gasteiger partial charge in [-0.3, -0.25) is 4.79 Å². The Kier molecular flexibility index (Phi) is 12.0. The van der Waals surface area contributed by atoms with E-state index in [-0.39, 0.29) is 51.7 Å². The van der Waals surface area contributed by atoms with Crippen molar-refractivity contribution in [2.24, 2.45) is 0 Å². The molecular formula is C36H35ClF4N4O5S. The number of methoxy groups -OCH3 is 1. The summed E-state index contributed by atoms with van der Waals surface area (Å²) in [5.41, 5.74) is 0.216. The second-order valence-corrected chi connectivity index (χ2v) is 14.3. The summed E-state index contributed by atoms with van der Waals surface area (Å²) in [6.45, 7) is 2.39. The molecule has 0 aromatic heterocycles. The highest BCUT2D eigenvalue weighted by Crippen LogP contribution is 2.33. The Morgan fingerprint density at radius 2 is 1.61 bits per heavy atom. The summed E-state index contributed by atoms with van der Waals surface area (Å²) in [6.07, 6.45) is -0.950. The fourth-order valence-corrected chi connectivity index (χ4v) is 8.71. The first-order valence-corrected chi connectivity index (χ1v) is 17.7. The summed E-state index contributed by atoms with van der Waals surface area (Å²) >= 11 is 6.28. The van der Waals surface area contributed by atoms with Crippen molar-refractivity contribution in [2.75, 3.05) is 25.5 Å². The van der Waals surface area contributed by atoms with Crippen molar-refractivity contribution in [3.05, 3.63) is 130 Å². The van der Waals surface area contributed by atoms with Crippen molar-refractivity contribution < 1.29 is 40.3 Å². The summed E-state index contributed by atoms with van der Waals surface area (Å²) in [5.74, 6) is -5.41. The van der Waals surface area contributed by atoms with Gasteiger partial charge < -0.3 is 20.7 Å². The highest BCUT2D eigenvalue weighted by molar-refractivity contribution is 7.89. The summed E-state index contributed by atoms with van der Waals surface area (Å²) in [6, 6.07) is 14.7. The standard InChI is InChI=1S/C36H35ClF4N4O5S/c1-21-19-42-20-27(45(21)51(48,49)32-9-4-3-6-29(32)37)14-15-28-30(41)7-5-8-31(28)43-35(46)34(44-36(47)50-2)33(22-10-12-24(38)13-11-22)23-16-25(39)18-26(40)17-23/h3-13,16-18,21,27,33-34,42H,14-15,19-20H2,1-2H3,(H,43,46)(H,44,47)/t21-,27-,33-,34-/m0/s1. The van der Waals surface area contributed by atoms with Crippen LogP contribution in [-0.4, -0.2) is 63.0 Å². The molecule has 3 N–H and O–H groups in total. The van der Waals surface area contributed by atoms with Crippen LogP contribution in [-0.2, 0) is 26.0 Å². The number of ether oxygens (including phenoxy) is 1. The molecule has 1 fully saturated rings. The van der Waals surface area contributed by atoms with Crippen LogP contribution >= 0.6 is 11.6 Å². The first-order chi connectivity index (χ1) is 24.3. The largest absolute Gasteiger partial charge is 0.453 e. The van der Waals surface area contributed by atoms with Gasteiger partial charge in [-0.2, -0.15) is 4.31 Å². The van der Waals surface area contributed by atoms with E-state index in [9.17, 15) is 31.2 Å². The van der Waals surface area contributed by atoms with Gasteiger partial charge in [-0.15, -0.1) is 0 Å². The zero-order chi connectivity index (χ0) is 36.9. The highest BCUT2D eigenvalue weighted by atomic mass is 35.5. The van der Waals surface area contributed by atoms with E-state index < -0.39 is 69.3 Å². The molecule has 0 aliphatic carbocycles. The predicted octanol–water partition coefficient (Wildman–Crippen LogP) is 6.38. The number of hydrogen-bond acceptors (Lipinski definition) is 6. The molecule has 4 aromatic rings. The Labute approximate surface area is 298 Å². The third-order valence-electron chi connectivity index (χ3n) is 8.66. The number of nitrogens with zero attached hydrogens (tertiary/aromatic N) is 1. The van der Waals surface area contributed by atoms with Crippen molar-refractivity contribution in [2.45, 2.75) is 48.7 Å². The Morgan fingerprint density at radius 3 is 2.27 bits per heavy atom. The van der Waals surface area contributed by atoms with Gasteiger partial charge in [0.2, 0.25) is 15.9 Å². The number of sulfonamides is 1. The van der Waals surface area contributed by atoms with Crippen LogP contribution in [0.1, 0.15) is 36.0 Å². The van der Waals surface area contributed by atoms with E-state index in [1.807, 2.05) is 0 Å². The van der Waals surface area contributed by atoms with Gasteiger partial charge in [0.1, 0.15) is 34.2 Å². The lowest BCUT2D eigenvalue weighted by atomic mass is 9.84. The molecule has 1 aliphatic heterocycles. The molecule has 4 atom stereocenters. The van der Waals surface area contributed by atoms with Gasteiger partial charge in [-0.05, 0) is 79.4 Å². The molecule has 0 spiro atoms. The number of nitrogens with one attached hydrogen (secondary N) is 3. The number of hydrogen-bond donors (Lipinski definition) is 3. The zero-order valence-electron chi connectivity index (χ0n) is 27.5. The number of anilines is 1. The lowest BCUT2D eigenvalue weighted by Gasteiger charge is -2.40. The number of amides is 2. The van der Waals surface area contributed by atoms with E-state index in [0.29, 0.717) is 12.6 Å². The molecular weight excluding hydrogens is 712 g/mol. The fourth-order valence-electron chi connectivity index (χ4n) is 6.37. The number of rotatable bonds is 11. The van der Waals surface area contributed by atoms with Crippen LogP contribution in [0.15, 0.2) is 89.8 Å². The Hall–Kier alpha value is -4.50. The third kappa shape index (κ3) is 8.70. The first kappa shape index (κ1) is 37.7. The molecule has 1 saturated heterocycles. The highest BCUT2D eigenvalue weighted by Gasteiger charge is 2.39. The SMILES string of the molecule is COC(=O)N[C@H](C(=O)Nc1cccc(F)c1CC[C@H]1CNC[C@H](C)N1S(=O)(=O)c1ccccc1Cl)[C@@H](c1ccc(F)cc1)c1cc(F)cc(F)c1. The number of carbonyl (C=O) groups is 2. The maximum Gasteiger partial charge on any atom is 0.407 e. The van der Waals surface area contributed by atoms with Crippen LogP contribution in [0.25, 0.3) is 0 Å². The molecule has 9 nitrogen and oxygen atoms in total. The Bertz CT molecular complexity index is 1980. The van der Waals surface area contributed by atoms with Gasteiger partial charge in [0, 0.05) is 48.4 Å². The molecule has 0 bridgehead atoms. The van der Waals surface area contributed by atoms with Crippen LogP contribution in [0.4, 0.5) is 28.0 Å². The minimum Gasteiger partial charge on any atom is -0.453 e. The molecule has 15 heteroatoms. The second-order valence-electron chi connectivity index (χ2n) is 12.1. The quantitative estimate of drug-likeness (QED) is 0.154. The normalized spacial score (nSPS) is 17.7. The summed E-state index contributed by atoms with van der Waals surface area (Å²) in [5, 5.41) is 8.32. The van der Waals surface area contributed by atoms with E-state index in [2.05, 4.69) is 16.0 Å². The minimum atomic E-state index is -4.06. The predicted molar refractivity (Wildman–Crippen MR) is 184 cm³/mol. The van der Waals surface area contributed by atoms with Gasteiger partial charge in [0.05, 0.1) is 12.1 Å². The van der Waals surface area contributed by atoms with Gasteiger partial charge in [-0.1, -0.05) is 41.9 Å². The summed E-state index contributed by atoms with van der Waals surface area (Å²) < 4.78 is 92.2. The van der Waals surface area contributed by atoms with Crippen LogP contribution in [0.5, 0.6) is 0 Å². The van der Waals surface area contributed by atoms with Crippen molar-refractivity contribution in [3.8, 4) is 0 Å². The van der Waals surface area contributed by atoms with Crippen molar-refractivity contribution in [1.29, 1.82) is 0 Å². The van der Waals surface area contributed by atoms with Gasteiger partial charge in [-0.25, -0.2) is 30.8 Å². The lowest BCUT2D eigenvalue weighted by molar-refractivity contribution is -0.118. The number of alkyl carbamates (subject to hydrolysis) is 1. The molecule has 2 amide bonds. The maximum absolute atomic E-state index is 15.5. The number of benzene rings is 4. The van der Waals surface area contributed by atoms with E-state index in [0.717, 1.165) is 31.4 Å². The maximum atomic E-state index is 15.5. The Balaban J connectivity index is 1.47. The lowest BCUT2D eigenvalue weighted by Crippen LogP contribution is -2.58. The van der Waals surface area contributed by atoms with Crippen LogP contribution < -0.4 is 16.0 Å². The van der Waals surface area contributed by atoms with E-state index in [1.165, 1.54) is 46.8 Å². The second kappa shape index (κ2) is 16.2. The number of halogens is 5. The van der Waals surface area contributed by atoms with Gasteiger partial charge in [0.25, 0.3) is 0 Å². The van der Waals surface area contributed by atoms with E-state index >= 15 is 4.39 Å². The molecule has 51 heavy (non-hydrogen) atoms. The molecule has 270 valence electrons. The fraction of sp³-hybridized carbons (Fsp3) is 0.278. The minimum absolute atomic E-state index is 0.0114. The van der Waals surface area contributed by atoms with Gasteiger partial charge >= 0.3 is 6.09 Å². The molecule has 1 heterocycles. The van der Waals surface area contributed by atoms with Crippen LogP contribution in [0, 0.1) is 23.3 Å². The molecule has 0 saturated carbocycles. The van der Waals surface area contributed by atoms with Crippen LogP contribution in [0.3, 0.4) is 0 Å². The number of carbonyl (C=O) groups excluding carboxylic acids is 2. The van der Waals surface area contributed by atoms with E-state index in [4.69, 9.17) is 16.3 Å². The molecule has 4 aromatic carbocycles.